The Morgan fingerprint density at radius 1 is 1.50 bits per heavy atom. The van der Waals surface area contributed by atoms with Crippen LogP contribution in [0.5, 0.6) is 0 Å². The highest BCUT2D eigenvalue weighted by atomic mass is 31.2. The zero-order valence-electron chi connectivity index (χ0n) is 5.46. The van der Waals surface area contributed by atoms with Crippen LogP contribution >= 0.6 is 7.82 Å². The molecule has 60 valence electrons. The van der Waals surface area contributed by atoms with Gasteiger partial charge in [0, 0.05) is 14.2 Å². The minimum absolute atomic E-state index is 1.02. The summed E-state index contributed by atoms with van der Waals surface area (Å²) in [6, 6.07) is 0. The summed E-state index contributed by atoms with van der Waals surface area (Å²) in [5.74, 6) is 0. The molecule has 0 aromatic carbocycles. The Morgan fingerprint density at radius 2 is 1.90 bits per heavy atom. The Morgan fingerprint density at radius 3 is 2.00 bits per heavy atom. The molecule has 0 radical (unpaired) electrons. The van der Waals surface area contributed by atoms with Crippen LogP contribution in [-0.4, -0.2) is 20.4 Å². The molecule has 7 heteroatoms. The van der Waals surface area contributed by atoms with Crippen molar-refractivity contribution in [2.75, 3.05) is 14.2 Å². The van der Waals surface area contributed by atoms with Crippen molar-refractivity contribution in [2.45, 2.75) is 0 Å². The van der Waals surface area contributed by atoms with E-state index in [4.69, 9.17) is 5.41 Å². The number of halogens is 1. The third kappa shape index (κ3) is 2.91. The summed E-state index contributed by atoms with van der Waals surface area (Å²) >= 11 is 0. The summed E-state index contributed by atoms with van der Waals surface area (Å²) in [4.78, 5) is 0. The van der Waals surface area contributed by atoms with Crippen LogP contribution in [0, 0.1) is 5.41 Å². The minimum Gasteiger partial charge on any atom is -0.361 e. The number of phosphoric acid groups is 1. The molecule has 0 bridgehead atoms. The second kappa shape index (κ2) is 3.65. The van der Waals surface area contributed by atoms with E-state index in [1.165, 1.54) is 0 Å². The highest BCUT2D eigenvalue weighted by molar-refractivity contribution is 7.49. The number of phosphoric ester groups is 1. The minimum atomic E-state index is -3.84. The van der Waals surface area contributed by atoms with Gasteiger partial charge in [-0.25, -0.2) is 9.97 Å². The molecule has 0 heterocycles. The molecule has 0 aromatic heterocycles. The quantitative estimate of drug-likeness (QED) is 0.394. The number of rotatable bonds is 3. The van der Waals surface area contributed by atoms with Crippen LogP contribution in [0.2, 0.25) is 0 Å². The molecular formula is C3H7FNO4P. The lowest BCUT2D eigenvalue weighted by Gasteiger charge is -2.09. The van der Waals surface area contributed by atoms with Crippen molar-refractivity contribution in [3.63, 3.8) is 0 Å². The van der Waals surface area contributed by atoms with E-state index in [0.29, 0.717) is 0 Å². The maximum atomic E-state index is 11.6. The molecule has 0 aliphatic heterocycles. The van der Waals surface area contributed by atoms with Gasteiger partial charge in [0.1, 0.15) is 0 Å². The molecule has 0 aliphatic carbocycles. The Bertz CT molecular complexity index is 164. The van der Waals surface area contributed by atoms with Crippen LogP contribution in [-0.2, 0) is 18.1 Å². The lowest BCUT2D eigenvalue weighted by molar-refractivity contribution is 0.198. The average Bonchev–Trinajstić information content (AvgIpc) is 1.87. The lowest BCUT2D eigenvalue weighted by atomic mass is 11.5. The fourth-order valence-corrected chi connectivity index (χ4v) is 0.742. The molecule has 0 rings (SSSR count). The van der Waals surface area contributed by atoms with Crippen LogP contribution < -0.4 is 0 Å². The maximum absolute atomic E-state index is 11.6. The zero-order valence-corrected chi connectivity index (χ0v) is 6.35. The van der Waals surface area contributed by atoms with Crippen LogP contribution in [0.15, 0.2) is 0 Å². The Balaban J connectivity index is 4.07. The first-order valence-corrected chi connectivity index (χ1v) is 3.65. The molecule has 0 saturated heterocycles. The summed E-state index contributed by atoms with van der Waals surface area (Å²) in [5, 5.41) is 6.14. The predicted octanol–water partition coefficient (Wildman–Crippen LogP) is 1.31. The first kappa shape index (κ1) is 9.55. The van der Waals surface area contributed by atoms with Crippen molar-refractivity contribution < 1.29 is 22.5 Å². The molecule has 0 aliphatic rings. The summed E-state index contributed by atoms with van der Waals surface area (Å²) in [7, 11) is -1.79. The number of nitrogens with one attached hydrogen (secondary N) is 1. The summed E-state index contributed by atoms with van der Waals surface area (Å²) in [6.07, 6.45) is -1.70. The van der Waals surface area contributed by atoms with E-state index in [-0.39, 0.29) is 0 Å². The highest BCUT2D eigenvalue weighted by Crippen LogP contribution is 2.47. The molecule has 5 nitrogen and oxygen atoms in total. The largest absolute Gasteiger partial charge is 0.532 e. The molecule has 0 spiro atoms. The molecule has 10 heavy (non-hydrogen) atoms. The van der Waals surface area contributed by atoms with Crippen LogP contribution in [0.1, 0.15) is 0 Å². The Labute approximate surface area is 57.2 Å². The van der Waals surface area contributed by atoms with Gasteiger partial charge in [0.15, 0.2) is 0 Å². The lowest BCUT2D eigenvalue weighted by Crippen LogP contribution is -1.97. The van der Waals surface area contributed by atoms with Crippen molar-refractivity contribution in [1.29, 1.82) is 5.41 Å². The Kier molecular flexibility index (Phi) is 3.49. The number of hydrogen-bond donors (Lipinski definition) is 1. The van der Waals surface area contributed by atoms with Crippen molar-refractivity contribution in [3.05, 3.63) is 0 Å². The van der Waals surface area contributed by atoms with Gasteiger partial charge in [0.25, 0.3) is 0 Å². The second-order valence-corrected chi connectivity index (χ2v) is 2.98. The van der Waals surface area contributed by atoms with Gasteiger partial charge >= 0.3 is 14.0 Å². The molecule has 0 amide bonds. The highest BCUT2D eigenvalue weighted by Gasteiger charge is 2.25. The second-order valence-electron chi connectivity index (χ2n) is 1.18. The van der Waals surface area contributed by atoms with Crippen LogP contribution in [0.3, 0.4) is 0 Å². The van der Waals surface area contributed by atoms with Crippen molar-refractivity contribution >= 4 is 14.0 Å². The van der Waals surface area contributed by atoms with Crippen molar-refractivity contribution in [1.82, 2.24) is 0 Å². The van der Waals surface area contributed by atoms with Gasteiger partial charge in [-0.15, -0.1) is 4.39 Å². The van der Waals surface area contributed by atoms with Crippen molar-refractivity contribution in [3.8, 4) is 0 Å². The smallest absolute Gasteiger partial charge is 0.361 e. The van der Waals surface area contributed by atoms with Crippen molar-refractivity contribution in [2.24, 2.45) is 0 Å². The molecule has 1 N–H and O–H groups in total. The summed E-state index contributed by atoms with van der Waals surface area (Å²) in [6.45, 7) is 0. The van der Waals surface area contributed by atoms with E-state index in [1.54, 1.807) is 0 Å². The summed E-state index contributed by atoms with van der Waals surface area (Å²) in [5.41, 5.74) is 0. The van der Waals surface area contributed by atoms with Gasteiger partial charge in [-0.3, -0.25) is 9.05 Å². The van der Waals surface area contributed by atoms with Crippen LogP contribution in [0.25, 0.3) is 0 Å². The van der Waals surface area contributed by atoms with E-state index < -0.39 is 14.0 Å². The SMILES string of the molecule is COP(=O)(OC)OC(=N)F. The van der Waals surface area contributed by atoms with Gasteiger partial charge < -0.3 is 4.52 Å². The van der Waals surface area contributed by atoms with E-state index in [0.717, 1.165) is 14.2 Å². The topological polar surface area (TPSA) is 68.6 Å². The fraction of sp³-hybridized carbons (Fsp3) is 0.667. The molecule has 0 aromatic rings. The summed E-state index contributed by atoms with van der Waals surface area (Å²) < 4.78 is 34.3. The molecule has 0 fully saturated rings. The average molecular weight is 171 g/mol. The first-order chi connectivity index (χ1) is 4.54. The zero-order chi connectivity index (χ0) is 8.20. The first-order valence-electron chi connectivity index (χ1n) is 2.19. The molecule has 0 atom stereocenters. The monoisotopic (exact) mass is 171 g/mol. The molecule has 0 saturated carbocycles. The standard InChI is InChI=1S/C3H7FNO4P/c1-7-10(6,8-2)9-3(4)5/h5H,1-2H3. The van der Waals surface area contributed by atoms with Gasteiger partial charge in [-0.05, 0) is 0 Å². The van der Waals surface area contributed by atoms with Gasteiger partial charge in [0.2, 0.25) is 0 Å². The van der Waals surface area contributed by atoms with Gasteiger partial charge in [-0.2, -0.15) is 0 Å². The number of hydrogen-bond acceptors (Lipinski definition) is 5. The maximum Gasteiger partial charge on any atom is 0.532 e. The van der Waals surface area contributed by atoms with E-state index >= 15 is 0 Å². The normalized spacial score (nSPS) is 11.1. The van der Waals surface area contributed by atoms with Crippen LogP contribution in [0.4, 0.5) is 4.39 Å². The van der Waals surface area contributed by atoms with Gasteiger partial charge in [-0.1, -0.05) is 0 Å². The van der Waals surface area contributed by atoms with E-state index in [9.17, 15) is 8.96 Å². The predicted molar refractivity (Wildman–Crippen MR) is 31.5 cm³/mol. The van der Waals surface area contributed by atoms with Gasteiger partial charge in [0.05, 0.1) is 0 Å². The third-order valence-electron chi connectivity index (χ3n) is 0.639. The van der Waals surface area contributed by atoms with E-state index in [2.05, 4.69) is 13.6 Å². The Hall–Kier alpha value is -0.450. The third-order valence-corrected chi connectivity index (χ3v) is 1.92. The molecular weight excluding hydrogens is 164 g/mol. The van der Waals surface area contributed by atoms with E-state index in [1.807, 2.05) is 0 Å². The fourth-order valence-electron chi connectivity index (χ4n) is 0.247. The molecule has 0 unspecified atom stereocenters.